The van der Waals surface area contributed by atoms with E-state index in [1.165, 1.54) is 12.0 Å². The van der Waals surface area contributed by atoms with E-state index < -0.39 is 5.60 Å². The van der Waals surface area contributed by atoms with Gasteiger partial charge in [0, 0.05) is 12.8 Å². The Bertz CT molecular complexity index is 846. The smallest absolute Gasteiger partial charge is 0.305 e. The van der Waals surface area contributed by atoms with Gasteiger partial charge in [-0.2, -0.15) is 0 Å². The van der Waals surface area contributed by atoms with Crippen LogP contribution in [0.4, 0.5) is 0 Å². The van der Waals surface area contributed by atoms with Gasteiger partial charge in [-0.05, 0) is 104 Å². The van der Waals surface area contributed by atoms with E-state index in [9.17, 15) is 14.7 Å². The second-order valence-corrected chi connectivity index (χ2v) is 11.9. The normalized spacial score (nSPS) is 54.7. The number of ether oxygens (including phenoxy) is 1. The van der Waals surface area contributed by atoms with Crippen molar-refractivity contribution >= 4 is 11.8 Å². The van der Waals surface area contributed by atoms with Gasteiger partial charge in [0.25, 0.3) is 0 Å². The molecule has 5 saturated carbocycles. The van der Waals surface area contributed by atoms with Crippen molar-refractivity contribution < 1.29 is 19.4 Å². The number of allylic oxidation sites excluding steroid dienone is 1. The molecule has 0 aliphatic heterocycles. The predicted octanol–water partition coefficient (Wildman–Crippen LogP) is 4.30. The molecule has 4 nitrogen and oxygen atoms in total. The van der Waals surface area contributed by atoms with Crippen molar-refractivity contribution in [2.45, 2.75) is 77.7 Å². The molecule has 30 heavy (non-hydrogen) atoms. The summed E-state index contributed by atoms with van der Waals surface area (Å²) in [6.07, 6.45) is 9.25. The number of carbonyl (C=O) groups excluding carboxylic acids is 2. The lowest BCUT2D eigenvalue weighted by Crippen LogP contribution is -2.57. The van der Waals surface area contributed by atoms with Gasteiger partial charge in [-0.15, -0.1) is 0 Å². The number of hydrogen-bond acceptors (Lipinski definition) is 4. The first-order valence-electron chi connectivity index (χ1n) is 12.4. The highest BCUT2D eigenvalue weighted by molar-refractivity contribution is 5.92. The number of aliphatic hydroxyl groups is 1. The van der Waals surface area contributed by atoms with E-state index in [1.54, 1.807) is 0 Å². The third-order valence-corrected chi connectivity index (χ3v) is 10.9. The van der Waals surface area contributed by atoms with E-state index in [0.29, 0.717) is 67.2 Å². The van der Waals surface area contributed by atoms with Gasteiger partial charge in [0.1, 0.15) is 0 Å². The molecule has 10 atom stereocenters. The molecular formula is C26H36O4. The summed E-state index contributed by atoms with van der Waals surface area (Å²) in [5, 5.41) is 12.0. The Morgan fingerprint density at radius 2 is 2.00 bits per heavy atom. The first-order valence-corrected chi connectivity index (χ1v) is 12.4. The SMILES string of the molecule is CCOC(=O)CC[C@]1(O)C2CC2C2C3C4CC4C4=CC(=O)CC[C@]4(C)C3CC[C@@]21C. The molecule has 0 saturated heterocycles. The van der Waals surface area contributed by atoms with Crippen LogP contribution in [0.2, 0.25) is 0 Å². The average molecular weight is 413 g/mol. The zero-order valence-corrected chi connectivity index (χ0v) is 18.7. The fourth-order valence-electron chi connectivity index (χ4n) is 9.51. The Morgan fingerprint density at radius 1 is 1.20 bits per heavy atom. The lowest BCUT2D eigenvalue weighted by atomic mass is 9.45. The second-order valence-electron chi connectivity index (χ2n) is 11.9. The molecule has 0 aromatic carbocycles. The van der Waals surface area contributed by atoms with Gasteiger partial charge >= 0.3 is 5.97 Å². The van der Waals surface area contributed by atoms with Gasteiger partial charge in [0.2, 0.25) is 0 Å². The van der Waals surface area contributed by atoms with E-state index in [-0.39, 0.29) is 16.8 Å². The van der Waals surface area contributed by atoms with Crippen molar-refractivity contribution in [1.82, 2.24) is 0 Å². The molecule has 0 aromatic heterocycles. The van der Waals surface area contributed by atoms with E-state index >= 15 is 0 Å². The fourth-order valence-corrected chi connectivity index (χ4v) is 9.51. The second kappa shape index (κ2) is 5.99. The van der Waals surface area contributed by atoms with Gasteiger partial charge in [-0.25, -0.2) is 0 Å². The summed E-state index contributed by atoms with van der Waals surface area (Å²) < 4.78 is 5.17. The molecule has 6 rings (SSSR count). The van der Waals surface area contributed by atoms with Crippen LogP contribution in [0.15, 0.2) is 11.6 Å². The highest BCUT2D eigenvalue weighted by atomic mass is 16.5. The van der Waals surface area contributed by atoms with Crippen LogP contribution < -0.4 is 0 Å². The minimum Gasteiger partial charge on any atom is -0.466 e. The molecule has 6 aliphatic carbocycles. The van der Waals surface area contributed by atoms with Crippen LogP contribution in [0.3, 0.4) is 0 Å². The molecule has 6 aliphatic rings. The molecule has 0 bridgehead atoms. The summed E-state index contributed by atoms with van der Waals surface area (Å²) >= 11 is 0. The molecule has 5 fully saturated rings. The Morgan fingerprint density at radius 3 is 2.77 bits per heavy atom. The Hall–Kier alpha value is -1.16. The van der Waals surface area contributed by atoms with Crippen LogP contribution in [0.1, 0.15) is 72.1 Å². The Kier molecular flexibility index (Phi) is 3.90. The van der Waals surface area contributed by atoms with Crippen LogP contribution in [0.25, 0.3) is 0 Å². The zero-order valence-electron chi connectivity index (χ0n) is 18.7. The van der Waals surface area contributed by atoms with Crippen LogP contribution >= 0.6 is 0 Å². The third-order valence-electron chi connectivity index (χ3n) is 10.9. The summed E-state index contributed by atoms with van der Waals surface area (Å²) in [5.74, 6) is 4.45. The summed E-state index contributed by atoms with van der Waals surface area (Å²) in [4.78, 5) is 24.3. The largest absolute Gasteiger partial charge is 0.466 e. The Balaban J connectivity index is 1.32. The van der Waals surface area contributed by atoms with Crippen LogP contribution in [-0.4, -0.2) is 29.1 Å². The number of carbonyl (C=O) groups is 2. The van der Waals surface area contributed by atoms with Gasteiger partial charge in [0.05, 0.1) is 12.2 Å². The van der Waals surface area contributed by atoms with Gasteiger partial charge in [0.15, 0.2) is 5.78 Å². The van der Waals surface area contributed by atoms with Gasteiger partial charge in [-0.1, -0.05) is 19.4 Å². The molecule has 4 heteroatoms. The van der Waals surface area contributed by atoms with Crippen molar-refractivity contribution in [2.24, 2.45) is 52.3 Å². The maximum Gasteiger partial charge on any atom is 0.305 e. The maximum absolute atomic E-state index is 12.2. The summed E-state index contributed by atoms with van der Waals surface area (Å²) in [6, 6.07) is 0. The number of hydrogen-bond donors (Lipinski definition) is 1. The minimum absolute atomic E-state index is 0.0799. The first kappa shape index (κ1) is 19.5. The first-order chi connectivity index (χ1) is 14.2. The molecule has 0 heterocycles. The van der Waals surface area contributed by atoms with Crippen LogP contribution in [0, 0.1) is 52.3 Å². The molecule has 0 radical (unpaired) electrons. The number of fused-ring (bicyclic) bond motifs is 10. The highest BCUT2D eigenvalue weighted by Crippen LogP contribution is 2.81. The number of ketones is 1. The Labute approximate surface area is 179 Å². The highest BCUT2D eigenvalue weighted by Gasteiger charge is 2.78. The van der Waals surface area contributed by atoms with Crippen molar-refractivity contribution in [2.75, 3.05) is 6.61 Å². The quantitative estimate of drug-likeness (QED) is 0.699. The zero-order chi connectivity index (χ0) is 21.1. The average Bonchev–Trinajstić information content (AvgIpc) is 3.60. The van der Waals surface area contributed by atoms with Crippen LogP contribution in [0.5, 0.6) is 0 Å². The van der Waals surface area contributed by atoms with Crippen molar-refractivity contribution in [3.63, 3.8) is 0 Å². The summed E-state index contributed by atoms with van der Waals surface area (Å²) in [6.45, 7) is 7.05. The minimum atomic E-state index is -0.718. The molecule has 164 valence electrons. The lowest BCUT2D eigenvalue weighted by Gasteiger charge is -2.60. The summed E-state index contributed by atoms with van der Waals surface area (Å²) in [5.41, 5.74) is 0.873. The van der Waals surface area contributed by atoms with E-state index in [1.807, 2.05) is 13.0 Å². The van der Waals surface area contributed by atoms with Gasteiger partial charge in [-0.3, -0.25) is 9.59 Å². The molecule has 0 aromatic rings. The molecule has 0 amide bonds. The molecule has 0 spiro atoms. The summed E-state index contributed by atoms with van der Waals surface area (Å²) in [7, 11) is 0. The van der Waals surface area contributed by atoms with Crippen LogP contribution in [-0.2, 0) is 14.3 Å². The fraction of sp³-hybridized carbons (Fsp3) is 0.846. The maximum atomic E-state index is 12.2. The van der Waals surface area contributed by atoms with Gasteiger partial charge < -0.3 is 9.84 Å². The molecule has 1 N–H and O–H groups in total. The standard InChI is InChI=1S/C26H36O4/c1-4-30-21(28)7-10-26(29)20-13-17(20)23-22-16-12-15(16)19-11-14(27)5-8-24(19,2)18(22)6-9-25(23,26)3/h11,15-18,20,22-23,29H,4-10,12-13H2,1-3H3/t15?,16?,17?,18?,20?,22?,23?,24-,25+,26+/m1/s1. The predicted molar refractivity (Wildman–Crippen MR) is 112 cm³/mol. The molecular weight excluding hydrogens is 376 g/mol. The molecule has 7 unspecified atom stereocenters. The van der Waals surface area contributed by atoms with E-state index in [4.69, 9.17) is 4.74 Å². The lowest BCUT2D eigenvalue weighted by molar-refractivity contribution is -0.162. The van der Waals surface area contributed by atoms with Crippen molar-refractivity contribution in [1.29, 1.82) is 0 Å². The van der Waals surface area contributed by atoms with Crippen molar-refractivity contribution in [3.8, 4) is 0 Å². The van der Waals surface area contributed by atoms with E-state index in [2.05, 4.69) is 13.8 Å². The number of esters is 1. The number of rotatable bonds is 4. The monoisotopic (exact) mass is 412 g/mol. The third kappa shape index (κ3) is 2.27. The topological polar surface area (TPSA) is 63.6 Å². The van der Waals surface area contributed by atoms with E-state index in [0.717, 1.165) is 31.6 Å². The van der Waals surface area contributed by atoms with Crippen molar-refractivity contribution in [3.05, 3.63) is 11.6 Å².